The largest absolute Gasteiger partial charge is 0.453 e. The zero-order valence-electron chi connectivity index (χ0n) is 19.2. The molecule has 2 saturated carbocycles. The number of ether oxygens (including phenoxy) is 2. The predicted octanol–water partition coefficient (Wildman–Crippen LogP) is 5.45. The van der Waals surface area contributed by atoms with E-state index in [2.05, 4.69) is 32.1 Å². The fourth-order valence-corrected chi connectivity index (χ4v) is 7.92. The van der Waals surface area contributed by atoms with E-state index in [-0.39, 0.29) is 28.8 Å². The van der Waals surface area contributed by atoms with Crippen molar-refractivity contribution in [2.24, 2.45) is 34.5 Å². The highest BCUT2D eigenvalue weighted by atomic mass is 16.5. The molecule has 8 atom stereocenters. The van der Waals surface area contributed by atoms with Crippen molar-refractivity contribution >= 4 is 11.8 Å². The number of carbonyl (C=O) groups is 2. The lowest BCUT2D eigenvalue weighted by atomic mass is 9.49. The van der Waals surface area contributed by atoms with Crippen molar-refractivity contribution in [1.82, 2.24) is 0 Å². The maximum Gasteiger partial charge on any atom is 0.339 e. The number of methoxy groups -OCH3 is 1. The number of esters is 1. The van der Waals surface area contributed by atoms with E-state index in [1.54, 1.807) is 7.11 Å². The topological polar surface area (TPSA) is 52.6 Å². The minimum Gasteiger partial charge on any atom is -0.453 e. The van der Waals surface area contributed by atoms with Gasteiger partial charge in [0.2, 0.25) is 0 Å². The normalized spacial score (nSPS) is 44.3. The van der Waals surface area contributed by atoms with Crippen LogP contribution in [0.1, 0.15) is 68.0 Å². The van der Waals surface area contributed by atoms with E-state index in [1.165, 1.54) is 5.57 Å². The van der Waals surface area contributed by atoms with Crippen LogP contribution in [0.25, 0.3) is 0 Å². The maximum atomic E-state index is 13.8. The van der Waals surface area contributed by atoms with Crippen molar-refractivity contribution < 1.29 is 19.1 Å². The molecule has 1 aromatic carbocycles. The van der Waals surface area contributed by atoms with Gasteiger partial charge in [-0.25, -0.2) is 4.79 Å². The molecule has 1 aliphatic heterocycles. The van der Waals surface area contributed by atoms with Crippen molar-refractivity contribution in [3.8, 4) is 0 Å². The number of hydrogen-bond donors (Lipinski definition) is 0. The van der Waals surface area contributed by atoms with Crippen LogP contribution >= 0.6 is 0 Å². The Morgan fingerprint density at radius 2 is 1.81 bits per heavy atom. The van der Waals surface area contributed by atoms with Crippen molar-refractivity contribution in [2.45, 2.75) is 58.2 Å². The number of carbonyl (C=O) groups excluding carboxylic acids is 2. The molecule has 0 radical (unpaired) electrons. The van der Waals surface area contributed by atoms with Crippen LogP contribution in [0, 0.1) is 34.5 Å². The third-order valence-corrected chi connectivity index (χ3v) is 9.81. The molecule has 4 aliphatic carbocycles. The minimum absolute atomic E-state index is 0.156. The Labute approximate surface area is 190 Å². The number of allylic oxidation sites excluding steroid dienone is 3. The molecule has 8 unspecified atom stereocenters. The van der Waals surface area contributed by atoms with E-state index in [0.29, 0.717) is 29.1 Å². The first-order chi connectivity index (χ1) is 15.4. The van der Waals surface area contributed by atoms with Gasteiger partial charge in [-0.1, -0.05) is 50.3 Å². The van der Waals surface area contributed by atoms with Gasteiger partial charge in [-0.2, -0.15) is 0 Å². The number of ketones is 1. The Hall–Kier alpha value is -2.20. The van der Waals surface area contributed by atoms with Gasteiger partial charge in [-0.15, -0.1) is 0 Å². The van der Waals surface area contributed by atoms with Gasteiger partial charge in [0.05, 0.1) is 17.6 Å². The second kappa shape index (κ2) is 6.90. The van der Waals surface area contributed by atoms with E-state index < -0.39 is 6.10 Å². The van der Waals surface area contributed by atoms with Crippen LogP contribution in [-0.2, 0) is 14.3 Å². The lowest BCUT2D eigenvalue weighted by molar-refractivity contribution is -0.135. The van der Waals surface area contributed by atoms with Gasteiger partial charge in [0, 0.05) is 18.1 Å². The Morgan fingerprint density at radius 1 is 1.03 bits per heavy atom. The smallest absolute Gasteiger partial charge is 0.339 e. The Kier molecular flexibility index (Phi) is 4.40. The van der Waals surface area contributed by atoms with Crippen LogP contribution in [0.4, 0.5) is 0 Å². The molecule has 168 valence electrons. The summed E-state index contributed by atoms with van der Waals surface area (Å²) in [4.78, 5) is 26.3. The maximum absolute atomic E-state index is 13.8. The highest BCUT2D eigenvalue weighted by Gasteiger charge is 2.62. The first-order valence-electron chi connectivity index (χ1n) is 12.1. The van der Waals surface area contributed by atoms with Crippen LogP contribution in [-0.4, -0.2) is 25.0 Å². The van der Waals surface area contributed by atoms with Crippen LogP contribution in [0.3, 0.4) is 0 Å². The average molecular weight is 433 g/mol. The second-order valence-corrected chi connectivity index (χ2v) is 11.1. The molecule has 1 heterocycles. The summed E-state index contributed by atoms with van der Waals surface area (Å²) in [7, 11) is 1.80. The minimum atomic E-state index is -0.428. The number of rotatable bonds is 2. The molecule has 0 N–H and O–H groups in total. The van der Waals surface area contributed by atoms with Crippen molar-refractivity contribution in [3.63, 3.8) is 0 Å². The van der Waals surface area contributed by atoms with Crippen LogP contribution in [0.2, 0.25) is 0 Å². The first kappa shape index (κ1) is 20.4. The molecule has 0 saturated heterocycles. The number of hydrogen-bond acceptors (Lipinski definition) is 4. The fraction of sp³-hybridized carbons (Fsp3) is 0.571. The zero-order valence-corrected chi connectivity index (χ0v) is 19.2. The summed E-state index contributed by atoms with van der Waals surface area (Å²) in [5.41, 5.74) is 2.76. The van der Waals surface area contributed by atoms with E-state index in [1.807, 2.05) is 24.3 Å². The van der Waals surface area contributed by atoms with Crippen molar-refractivity contribution in [2.75, 3.05) is 7.11 Å². The SMILES string of the molecule is COC1C=C2C=CC3C4CC(C5OC(=O)c6ccccc65)C(=O)C4(C)CCC3C2(C)CC1. The summed E-state index contributed by atoms with van der Waals surface area (Å²) in [5.74, 6) is 1.04. The summed E-state index contributed by atoms with van der Waals surface area (Å²) in [5, 5.41) is 0. The molecule has 6 rings (SSSR count). The molecule has 4 nitrogen and oxygen atoms in total. The standard InChI is InChI=1S/C28H32O4/c1-27-12-10-17(31-3)14-16(27)8-9-20-22(27)11-13-28(2)23(20)15-21(25(28)29)24-18-6-4-5-7-19(18)26(30)32-24/h4-9,14,17,20-24H,10-13,15H2,1-3H3. The molecular weight excluding hydrogens is 400 g/mol. The molecule has 32 heavy (non-hydrogen) atoms. The van der Waals surface area contributed by atoms with Gasteiger partial charge < -0.3 is 9.47 Å². The number of Topliss-reactive ketones (excluding diaryl/α,β-unsaturated/α-hetero) is 1. The van der Waals surface area contributed by atoms with Gasteiger partial charge in [0.15, 0.2) is 0 Å². The summed E-state index contributed by atoms with van der Waals surface area (Å²) in [6.45, 7) is 4.61. The fourth-order valence-electron chi connectivity index (χ4n) is 7.92. The van der Waals surface area contributed by atoms with Gasteiger partial charge in [-0.05, 0) is 66.9 Å². The second-order valence-electron chi connectivity index (χ2n) is 11.1. The number of fused-ring (bicyclic) bond motifs is 6. The average Bonchev–Trinajstić information content (AvgIpc) is 3.27. The Morgan fingerprint density at radius 3 is 2.62 bits per heavy atom. The molecule has 1 aromatic rings. The molecule has 0 spiro atoms. The van der Waals surface area contributed by atoms with E-state index in [4.69, 9.17) is 9.47 Å². The van der Waals surface area contributed by atoms with Gasteiger partial charge in [0.1, 0.15) is 11.9 Å². The number of cyclic esters (lactones) is 1. The van der Waals surface area contributed by atoms with Crippen molar-refractivity contribution in [3.05, 3.63) is 59.2 Å². The first-order valence-corrected chi connectivity index (χ1v) is 12.1. The molecule has 0 amide bonds. The van der Waals surface area contributed by atoms with Crippen molar-refractivity contribution in [1.29, 1.82) is 0 Å². The third-order valence-electron chi connectivity index (χ3n) is 9.81. The third kappa shape index (κ3) is 2.59. The lowest BCUT2D eigenvalue weighted by Gasteiger charge is -2.55. The monoisotopic (exact) mass is 432 g/mol. The summed E-state index contributed by atoms with van der Waals surface area (Å²) < 4.78 is 11.4. The van der Waals surface area contributed by atoms with E-state index in [9.17, 15) is 9.59 Å². The summed E-state index contributed by atoms with van der Waals surface area (Å²) in [6, 6.07) is 7.57. The van der Waals surface area contributed by atoms with Crippen LogP contribution < -0.4 is 0 Å². The van der Waals surface area contributed by atoms with Gasteiger partial charge >= 0.3 is 5.97 Å². The number of benzene rings is 1. The zero-order chi connectivity index (χ0) is 22.3. The molecule has 4 heteroatoms. The van der Waals surface area contributed by atoms with Gasteiger partial charge in [0.25, 0.3) is 0 Å². The van der Waals surface area contributed by atoms with Gasteiger partial charge in [-0.3, -0.25) is 4.79 Å². The molecule has 0 bridgehead atoms. The molecule has 0 aromatic heterocycles. The molecule has 2 fully saturated rings. The van der Waals surface area contributed by atoms with Crippen LogP contribution in [0.15, 0.2) is 48.1 Å². The summed E-state index contributed by atoms with van der Waals surface area (Å²) in [6.07, 6.45) is 11.8. The Bertz CT molecular complexity index is 1050. The predicted molar refractivity (Wildman–Crippen MR) is 121 cm³/mol. The van der Waals surface area contributed by atoms with Crippen LogP contribution in [0.5, 0.6) is 0 Å². The molecule has 5 aliphatic rings. The summed E-state index contributed by atoms with van der Waals surface area (Å²) >= 11 is 0. The highest BCUT2D eigenvalue weighted by Crippen LogP contribution is 2.65. The quantitative estimate of drug-likeness (QED) is 0.584. The van der Waals surface area contributed by atoms with E-state index >= 15 is 0 Å². The Balaban J connectivity index is 1.35. The van der Waals surface area contributed by atoms with E-state index in [0.717, 1.165) is 37.7 Å². The highest BCUT2D eigenvalue weighted by molar-refractivity contribution is 5.96. The molecular formula is C28H32O4. The lowest BCUT2D eigenvalue weighted by Crippen LogP contribution is -2.49.